The number of halogens is 1. The Labute approximate surface area is 127 Å². The molecule has 1 aromatic rings. The fraction of sp³-hybridized carbons (Fsp3) is 0.625. The summed E-state index contributed by atoms with van der Waals surface area (Å²) in [6, 6.07) is 6.31. The second-order valence-corrected chi connectivity index (χ2v) is 6.30. The number of rotatable bonds is 5. The van der Waals surface area contributed by atoms with Crippen molar-refractivity contribution in [3.63, 3.8) is 0 Å². The lowest BCUT2D eigenvalue weighted by Gasteiger charge is -2.35. The van der Waals surface area contributed by atoms with Gasteiger partial charge >= 0.3 is 0 Å². The van der Waals surface area contributed by atoms with E-state index >= 15 is 0 Å². The third kappa shape index (κ3) is 4.11. The van der Waals surface area contributed by atoms with Gasteiger partial charge in [0.1, 0.15) is 0 Å². The number of anilines is 1. The average molecular weight is 297 g/mol. The molecule has 0 radical (unpaired) electrons. The van der Waals surface area contributed by atoms with Crippen LogP contribution in [0.4, 0.5) is 5.69 Å². The molecule has 0 aromatic heterocycles. The van der Waals surface area contributed by atoms with Gasteiger partial charge in [0.05, 0.1) is 6.61 Å². The van der Waals surface area contributed by atoms with E-state index in [1.54, 1.807) is 7.11 Å². The predicted molar refractivity (Wildman–Crippen MR) is 85.6 cm³/mol. The van der Waals surface area contributed by atoms with Crippen LogP contribution in [-0.2, 0) is 11.2 Å². The molecule has 0 amide bonds. The summed E-state index contributed by atoms with van der Waals surface area (Å²) in [5.41, 5.74) is 8.51. The monoisotopic (exact) mass is 296 g/mol. The Hall–Kier alpha value is -0.770. The van der Waals surface area contributed by atoms with Gasteiger partial charge in [-0.25, -0.2) is 0 Å². The molecule has 1 aromatic carbocycles. The molecule has 1 heterocycles. The number of nitrogens with two attached hydrogens (primary N) is 1. The van der Waals surface area contributed by atoms with Gasteiger partial charge < -0.3 is 15.4 Å². The highest BCUT2D eigenvalue weighted by Gasteiger charge is 2.22. The predicted octanol–water partition coefficient (Wildman–Crippen LogP) is 3.09. The largest absolute Gasteiger partial charge is 0.384 e. The first-order chi connectivity index (χ1) is 9.60. The summed E-state index contributed by atoms with van der Waals surface area (Å²) in [4.78, 5) is 2.46. The molecule has 0 saturated carbocycles. The molecule has 0 spiro atoms. The van der Waals surface area contributed by atoms with Crippen LogP contribution in [0, 0.1) is 5.92 Å². The van der Waals surface area contributed by atoms with Gasteiger partial charge in [-0.1, -0.05) is 11.6 Å². The molecule has 0 bridgehead atoms. The highest BCUT2D eigenvalue weighted by atomic mass is 35.5. The van der Waals surface area contributed by atoms with Gasteiger partial charge in [-0.3, -0.25) is 0 Å². The zero-order chi connectivity index (χ0) is 14.5. The lowest BCUT2D eigenvalue weighted by molar-refractivity contribution is 0.143. The summed E-state index contributed by atoms with van der Waals surface area (Å²) < 4.78 is 5.31. The standard InChI is InChI=1S/C16H25ClN2O/c1-12(18)8-14-9-15(17)5-6-16(14)19-7-3-4-13(10-19)11-20-2/h5-6,9,12-13H,3-4,7-8,10-11,18H2,1-2H3. The molecule has 1 saturated heterocycles. The number of ether oxygens (including phenoxy) is 1. The number of piperidine rings is 1. The van der Waals surface area contributed by atoms with Crippen molar-refractivity contribution in [2.45, 2.75) is 32.2 Å². The summed E-state index contributed by atoms with van der Waals surface area (Å²) in [6.07, 6.45) is 3.33. The van der Waals surface area contributed by atoms with E-state index in [1.807, 2.05) is 13.0 Å². The molecular formula is C16H25ClN2O. The Morgan fingerprint density at radius 2 is 2.30 bits per heavy atom. The average Bonchev–Trinajstić information content (AvgIpc) is 2.39. The van der Waals surface area contributed by atoms with Gasteiger partial charge in [-0.15, -0.1) is 0 Å². The van der Waals surface area contributed by atoms with Crippen molar-refractivity contribution >= 4 is 17.3 Å². The van der Waals surface area contributed by atoms with Gasteiger partial charge in [-0.2, -0.15) is 0 Å². The maximum atomic E-state index is 6.14. The molecule has 1 fully saturated rings. The summed E-state index contributed by atoms with van der Waals surface area (Å²) in [6.45, 7) is 5.04. The van der Waals surface area contributed by atoms with Crippen LogP contribution in [-0.4, -0.2) is 32.8 Å². The van der Waals surface area contributed by atoms with E-state index in [-0.39, 0.29) is 6.04 Å². The Balaban J connectivity index is 2.18. The minimum Gasteiger partial charge on any atom is -0.384 e. The molecule has 2 unspecified atom stereocenters. The smallest absolute Gasteiger partial charge is 0.0507 e. The molecule has 20 heavy (non-hydrogen) atoms. The van der Waals surface area contributed by atoms with Gasteiger partial charge in [-0.05, 0) is 55.9 Å². The van der Waals surface area contributed by atoms with Crippen LogP contribution in [0.2, 0.25) is 5.02 Å². The molecule has 1 aliphatic heterocycles. The highest BCUT2D eigenvalue weighted by Crippen LogP contribution is 2.29. The fourth-order valence-corrected chi connectivity index (χ4v) is 3.22. The SMILES string of the molecule is COCC1CCCN(c2ccc(Cl)cc2CC(C)N)C1. The van der Waals surface area contributed by atoms with Crippen LogP contribution in [0.5, 0.6) is 0 Å². The number of hydrogen-bond donors (Lipinski definition) is 1. The number of methoxy groups -OCH3 is 1. The molecule has 0 aliphatic carbocycles. The van der Waals surface area contributed by atoms with Gasteiger partial charge in [0.2, 0.25) is 0 Å². The summed E-state index contributed by atoms with van der Waals surface area (Å²) in [7, 11) is 1.78. The molecule has 2 N–H and O–H groups in total. The van der Waals surface area contributed by atoms with Gasteiger partial charge in [0.15, 0.2) is 0 Å². The fourth-order valence-electron chi connectivity index (χ4n) is 3.03. The first kappa shape index (κ1) is 15.6. The van der Waals surface area contributed by atoms with Crippen LogP contribution in [0.15, 0.2) is 18.2 Å². The van der Waals surface area contributed by atoms with Crippen molar-refractivity contribution in [1.29, 1.82) is 0 Å². The Morgan fingerprint density at radius 3 is 3.00 bits per heavy atom. The minimum absolute atomic E-state index is 0.145. The van der Waals surface area contributed by atoms with Crippen molar-refractivity contribution in [2.24, 2.45) is 11.7 Å². The van der Waals surface area contributed by atoms with Crippen molar-refractivity contribution in [2.75, 3.05) is 31.7 Å². The number of nitrogens with zero attached hydrogens (tertiary/aromatic N) is 1. The third-order valence-electron chi connectivity index (χ3n) is 3.85. The summed E-state index contributed by atoms with van der Waals surface area (Å²) >= 11 is 6.14. The van der Waals surface area contributed by atoms with Crippen molar-refractivity contribution in [3.05, 3.63) is 28.8 Å². The maximum absolute atomic E-state index is 6.14. The van der Waals surface area contributed by atoms with E-state index < -0.39 is 0 Å². The van der Waals surface area contributed by atoms with Crippen molar-refractivity contribution < 1.29 is 4.74 Å². The van der Waals surface area contributed by atoms with E-state index in [4.69, 9.17) is 22.1 Å². The van der Waals surface area contributed by atoms with Crippen LogP contribution < -0.4 is 10.6 Å². The van der Waals surface area contributed by atoms with Gasteiger partial charge in [0, 0.05) is 37.0 Å². The van der Waals surface area contributed by atoms with Crippen LogP contribution >= 0.6 is 11.6 Å². The zero-order valence-electron chi connectivity index (χ0n) is 12.4. The molecule has 4 heteroatoms. The summed E-state index contributed by atoms with van der Waals surface area (Å²) in [5, 5.41) is 0.787. The highest BCUT2D eigenvalue weighted by molar-refractivity contribution is 6.30. The second kappa shape index (κ2) is 7.30. The lowest BCUT2D eigenvalue weighted by atomic mass is 9.96. The van der Waals surface area contributed by atoms with Crippen molar-refractivity contribution in [3.8, 4) is 0 Å². The Bertz CT molecular complexity index is 434. The van der Waals surface area contributed by atoms with Crippen LogP contribution in [0.25, 0.3) is 0 Å². The molecule has 2 rings (SSSR count). The van der Waals surface area contributed by atoms with Crippen LogP contribution in [0.1, 0.15) is 25.3 Å². The topological polar surface area (TPSA) is 38.5 Å². The number of hydrogen-bond acceptors (Lipinski definition) is 3. The summed E-state index contributed by atoms with van der Waals surface area (Å²) in [5.74, 6) is 0.618. The van der Waals surface area contributed by atoms with E-state index in [1.165, 1.54) is 24.1 Å². The second-order valence-electron chi connectivity index (χ2n) is 5.86. The lowest BCUT2D eigenvalue weighted by Crippen LogP contribution is -2.38. The first-order valence-corrected chi connectivity index (χ1v) is 7.76. The quantitative estimate of drug-likeness (QED) is 0.907. The van der Waals surface area contributed by atoms with Gasteiger partial charge in [0.25, 0.3) is 0 Å². The normalized spacial score (nSPS) is 21.0. The Morgan fingerprint density at radius 1 is 1.50 bits per heavy atom. The molecule has 1 aliphatic rings. The van der Waals surface area contributed by atoms with E-state index in [2.05, 4.69) is 17.0 Å². The maximum Gasteiger partial charge on any atom is 0.0507 e. The third-order valence-corrected chi connectivity index (χ3v) is 4.08. The Kier molecular flexibility index (Phi) is 5.70. The minimum atomic E-state index is 0.145. The molecule has 2 atom stereocenters. The number of benzene rings is 1. The van der Waals surface area contributed by atoms with E-state index in [0.717, 1.165) is 31.1 Å². The first-order valence-electron chi connectivity index (χ1n) is 7.38. The van der Waals surface area contributed by atoms with E-state index in [0.29, 0.717) is 5.92 Å². The van der Waals surface area contributed by atoms with Crippen molar-refractivity contribution in [1.82, 2.24) is 0 Å². The van der Waals surface area contributed by atoms with E-state index in [9.17, 15) is 0 Å². The zero-order valence-corrected chi connectivity index (χ0v) is 13.2. The molecular weight excluding hydrogens is 272 g/mol. The van der Waals surface area contributed by atoms with Crippen LogP contribution in [0.3, 0.4) is 0 Å². The molecule has 3 nitrogen and oxygen atoms in total. The molecule has 112 valence electrons.